The molecule has 152 valence electrons. The van der Waals surface area contributed by atoms with Gasteiger partial charge in [-0.05, 0) is 60.2 Å². The fourth-order valence-electron chi connectivity index (χ4n) is 3.14. The van der Waals surface area contributed by atoms with Gasteiger partial charge in [-0.15, -0.1) is 0 Å². The highest BCUT2D eigenvalue weighted by Gasteiger charge is 2.22. The molecule has 31 heavy (non-hydrogen) atoms. The Morgan fingerprint density at radius 2 is 1.68 bits per heavy atom. The van der Waals surface area contributed by atoms with Crippen molar-refractivity contribution in [2.24, 2.45) is 0 Å². The quantitative estimate of drug-likeness (QED) is 0.417. The Kier molecular flexibility index (Phi) is 5.82. The highest BCUT2D eigenvalue weighted by atomic mass is 16.5. The van der Waals surface area contributed by atoms with E-state index in [1.54, 1.807) is 25.3 Å². The summed E-state index contributed by atoms with van der Waals surface area (Å²) < 4.78 is 16.3. The second kappa shape index (κ2) is 9.02. The Bertz CT molecular complexity index is 1200. The molecule has 3 aromatic rings. The van der Waals surface area contributed by atoms with Crippen LogP contribution in [0.3, 0.4) is 0 Å². The largest absolute Gasteiger partial charge is 0.497 e. The van der Waals surface area contributed by atoms with Crippen LogP contribution in [0.5, 0.6) is 11.5 Å². The molecule has 1 heterocycles. The third-order valence-corrected chi connectivity index (χ3v) is 4.83. The average Bonchev–Trinajstić information content (AvgIpc) is 3.19. The van der Waals surface area contributed by atoms with Crippen LogP contribution in [0, 0.1) is 11.3 Å². The SMILES string of the molecule is COc1ccc(C2=C/C(=C\c3ccc(OCc4ccccc4C#N)cc3)C(=O)O2)cc1. The highest BCUT2D eigenvalue weighted by Crippen LogP contribution is 2.29. The number of benzene rings is 3. The van der Waals surface area contributed by atoms with E-state index in [1.807, 2.05) is 66.7 Å². The zero-order valence-corrected chi connectivity index (χ0v) is 16.9. The van der Waals surface area contributed by atoms with Crippen molar-refractivity contribution >= 4 is 17.8 Å². The summed E-state index contributed by atoms with van der Waals surface area (Å²) in [5, 5.41) is 9.16. The van der Waals surface area contributed by atoms with Gasteiger partial charge in [0, 0.05) is 11.1 Å². The van der Waals surface area contributed by atoms with Gasteiger partial charge in [0.15, 0.2) is 0 Å². The van der Waals surface area contributed by atoms with E-state index in [2.05, 4.69) is 6.07 Å². The van der Waals surface area contributed by atoms with E-state index in [-0.39, 0.29) is 5.97 Å². The molecule has 5 nitrogen and oxygen atoms in total. The van der Waals surface area contributed by atoms with E-state index >= 15 is 0 Å². The number of carbonyl (C=O) groups is 1. The Morgan fingerprint density at radius 3 is 2.39 bits per heavy atom. The minimum Gasteiger partial charge on any atom is -0.497 e. The summed E-state index contributed by atoms with van der Waals surface area (Å²) in [5.41, 5.74) is 3.56. The lowest BCUT2D eigenvalue weighted by Crippen LogP contribution is -1.98. The summed E-state index contributed by atoms with van der Waals surface area (Å²) >= 11 is 0. The molecule has 1 aliphatic heterocycles. The van der Waals surface area contributed by atoms with Gasteiger partial charge in [-0.2, -0.15) is 5.26 Å². The molecule has 0 unspecified atom stereocenters. The molecule has 0 atom stereocenters. The van der Waals surface area contributed by atoms with Crippen molar-refractivity contribution in [3.63, 3.8) is 0 Å². The number of rotatable bonds is 6. The maximum Gasteiger partial charge on any atom is 0.343 e. The van der Waals surface area contributed by atoms with Crippen molar-refractivity contribution < 1.29 is 19.0 Å². The zero-order valence-electron chi connectivity index (χ0n) is 16.9. The fourth-order valence-corrected chi connectivity index (χ4v) is 3.14. The number of hydrogen-bond acceptors (Lipinski definition) is 5. The number of carbonyl (C=O) groups excluding carboxylic acids is 1. The van der Waals surface area contributed by atoms with Gasteiger partial charge in [-0.3, -0.25) is 0 Å². The first-order valence-electron chi connectivity index (χ1n) is 9.67. The monoisotopic (exact) mass is 409 g/mol. The Labute approximate surface area is 180 Å². The molecule has 0 saturated heterocycles. The number of ether oxygens (including phenoxy) is 3. The van der Waals surface area contributed by atoms with Crippen LogP contribution in [-0.2, 0) is 16.1 Å². The Hall–Kier alpha value is -4.30. The summed E-state index contributed by atoms with van der Waals surface area (Å²) in [4.78, 5) is 12.3. The van der Waals surface area contributed by atoms with Crippen molar-refractivity contribution in [2.45, 2.75) is 6.61 Å². The van der Waals surface area contributed by atoms with Gasteiger partial charge >= 0.3 is 5.97 Å². The molecule has 1 aliphatic rings. The molecule has 4 rings (SSSR count). The van der Waals surface area contributed by atoms with Crippen LogP contribution in [0.25, 0.3) is 11.8 Å². The van der Waals surface area contributed by atoms with Gasteiger partial charge in [-0.25, -0.2) is 4.79 Å². The number of nitrogens with zero attached hydrogens (tertiary/aromatic N) is 1. The van der Waals surface area contributed by atoms with Gasteiger partial charge in [0.2, 0.25) is 0 Å². The molecule has 0 saturated carbocycles. The summed E-state index contributed by atoms with van der Waals surface area (Å²) in [5.74, 6) is 1.54. The van der Waals surface area contributed by atoms with Crippen LogP contribution in [0.2, 0.25) is 0 Å². The number of methoxy groups -OCH3 is 1. The molecular weight excluding hydrogens is 390 g/mol. The first-order chi connectivity index (χ1) is 15.2. The predicted octanol–water partition coefficient (Wildman–Crippen LogP) is 5.13. The van der Waals surface area contributed by atoms with E-state index in [9.17, 15) is 4.79 Å². The van der Waals surface area contributed by atoms with Crippen molar-refractivity contribution in [3.05, 3.63) is 107 Å². The number of cyclic esters (lactones) is 1. The molecule has 0 radical (unpaired) electrons. The van der Waals surface area contributed by atoms with Crippen molar-refractivity contribution in [1.29, 1.82) is 5.26 Å². The minimum absolute atomic E-state index is 0.310. The molecule has 0 bridgehead atoms. The minimum atomic E-state index is -0.390. The molecule has 3 aromatic carbocycles. The van der Waals surface area contributed by atoms with E-state index < -0.39 is 0 Å². The lowest BCUT2D eigenvalue weighted by molar-refractivity contribution is -0.130. The third-order valence-electron chi connectivity index (χ3n) is 4.83. The third kappa shape index (κ3) is 4.65. The Balaban J connectivity index is 1.45. The maximum absolute atomic E-state index is 12.3. The number of hydrogen-bond donors (Lipinski definition) is 0. The van der Waals surface area contributed by atoms with Gasteiger partial charge in [0.05, 0.1) is 24.3 Å². The van der Waals surface area contributed by atoms with E-state index in [0.29, 0.717) is 29.3 Å². The number of nitriles is 1. The van der Waals surface area contributed by atoms with Gasteiger partial charge in [-0.1, -0.05) is 30.3 Å². The van der Waals surface area contributed by atoms with E-state index in [1.165, 1.54) is 0 Å². The molecular formula is C26H19NO4. The van der Waals surface area contributed by atoms with Crippen LogP contribution < -0.4 is 9.47 Å². The van der Waals surface area contributed by atoms with Crippen LogP contribution in [0.15, 0.2) is 84.4 Å². The van der Waals surface area contributed by atoms with Crippen molar-refractivity contribution in [1.82, 2.24) is 0 Å². The molecule has 0 fully saturated rings. The topological polar surface area (TPSA) is 68.5 Å². The normalized spacial score (nSPS) is 14.0. The van der Waals surface area contributed by atoms with Crippen LogP contribution in [0.1, 0.15) is 22.3 Å². The van der Waals surface area contributed by atoms with Gasteiger partial charge < -0.3 is 14.2 Å². The van der Waals surface area contributed by atoms with Gasteiger partial charge in [0.1, 0.15) is 23.9 Å². The summed E-state index contributed by atoms with van der Waals surface area (Å²) in [6.07, 6.45) is 3.50. The average molecular weight is 409 g/mol. The summed E-state index contributed by atoms with van der Waals surface area (Å²) in [6.45, 7) is 0.310. The fraction of sp³-hybridized carbons (Fsp3) is 0.0769. The summed E-state index contributed by atoms with van der Waals surface area (Å²) in [7, 11) is 1.60. The lowest BCUT2D eigenvalue weighted by Gasteiger charge is -2.07. The molecule has 0 amide bonds. The number of esters is 1. The van der Waals surface area contributed by atoms with E-state index in [0.717, 1.165) is 22.4 Å². The van der Waals surface area contributed by atoms with Gasteiger partial charge in [0.25, 0.3) is 0 Å². The van der Waals surface area contributed by atoms with Crippen molar-refractivity contribution in [2.75, 3.05) is 7.11 Å². The second-order valence-corrected chi connectivity index (χ2v) is 6.85. The summed E-state index contributed by atoms with van der Waals surface area (Å²) in [6, 6.07) is 24.2. The molecule has 0 spiro atoms. The molecule has 0 aliphatic carbocycles. The van der Waals surface area contributed by atoms with Crippen LogP contribution in [0.4, 0.5) is 0 Å². The zero-order chi connectivity index (χ0) is 21.6. The van der Waals surface area contributed by atoms with Crippen LogP contribution >= 0.6 is 0 Å². The first kappa shape index (κ1) is 20.0. The van der Waals surface area contributed by atoms with Crippen molar-refractivity contribution in [3.8, 4) is 17.6 Å². The molecule has 5 heteroatoms. The maximum atomic E-state index is 12.3. The predicted molar refractivity (Wildman–Crippen MR) is 117 cm³/mol. The second-order valence-electron chi connectivity index (χ2n) is 6.85. The standard InChI is InChI=1S/C26H19NO4/c1-29-23-12-8-19(9-13-23)25-15-22(26(28)31-25)14-18-6-10-24(11-7-18)30-17-21-5-3-2-4-20(21)16-27/h2-15H,17H2,1H3/b22-14+. The molecule has 0 N–H and O–H groups in total. The molecule has 0 aromatic heterocycles. The first-order valence-corrected chi connectivity index (χ1v) is 9.67. The van der Waals surface area contributed by atoms with Crippen LogP contribution in [-0.4, -0.2) is 13.1 Å². The van der Waals surface area contributed by atoms with E-state index in [4.69, 9.17) is 19.5 Å². The Morgan fingerprint density at radius 1 is 0.968 bits per heavy atom. The lowest BCUT2D eigenvalue weighted by atomic mass is 10.1. The smallest absolute Gasteiger partial charge is 0.343 e. The highest BCUT2D eigenvalue weighted by molar-refractivity contribution is 6.05.